The van der Waals surface area contributed by atoms with Crippen LogP contribution >= 0.6 is 11.3 Å². The maximum Gasteiger partial charge on any atom is 0.413 e. The first-order valence-electron chi connectivity index (χ1n) is 4.79. The molecule has 2 rings (SSSR count). The van der Waals surface area contributed by atoms with Gasteiger partial charge in [-0.1, -0.05) is 17.4 Å². The molecule has 0 saturated heterocycles. The number of hydrogen-bond donors (Lipinski definition) is 1. The van der Waals surface area contributed by atoms with Crippen LogP contribution < -0.4 is 5.32 Å². The minimum absolute atomic E-state index is 0.107. The van der Waals surface area contributed by atoms with Crippen LogP contribution in [0.1, 0.15) is 5.56 Å². The van der Waals surface area contributed by atoms with E-state index in [1.165, 1.54) is 16.9 Å². The number of ether oxygens (including phenoxy) is 1. The molecule has 5 heteroatoms. The van der Waals surface area contributed by atoms with Crippen LogP contribution in [0.15, 0.2) is 18.2 Å². The second kappa shape index (κ2) is 4.49. The van der Waals surface area contributed by atoms with Gasteiger partial charge in [-0.15, -0.1) is 0 Å². The second-order valence-corrected chi connectivity index (χ2v) is 4.28. The quantitative estimate of drug-likeness (QED) is 0.870. The van der Waals surface area contributed by atoms with E-state index in [9.17, 15) is 4.79 Å². The van der Waals surface area contributed by atoms with Crippen molar-refractivity contribution in [1.82, 2.24) is 4.98 Å². The summed E-state index contributed by atoms with van der Waals surface area (Å²) in [7, 11) is 0. The van der Waals surface area contributed by atoms with Crippen LogP contribution in [-0.4, -0.2) is 17.7 Å². The summed E-state index contributed by atoms with van der Waals surface area (Å²) in [5, 5.41) is 3.10. The number of rotatable bonds is 2. The molecule has 0 aliphatic heterocycles. The Morgan fingerprint density at radius 2 is 2.44 bits per heavy atom. The van der Waals surface area contributed by atoms with E-state index in [1.807, 2.05) is 25.1 Å². The van der Waals surface area contributed by atoms with Crippen molar-refractivity contribution in [2.45, 2.75) is 6.92 Å². The first-order chi connectivity index (χ1) is 7.69. The molecule has 0 spiro atoms. The Labute approximate surface area is 97.3 Å². The molecule has 1 N–H and O–H groups in total. The molecule has 1 heterocycles. The molecule has 0 aliphatic rings. The molecule has 1 aromatic carbocycles. The van der Waals surface area contributed by atoms with Crippen LogP contribution in [0.5, 0.6) is 0 Å². The van der Waals surface area contributed by atoms with Gasteiger partial charge in [0.15, 0.2) is 5.13 Å². The van der Waals surface area contributed by atoms with Gasteiger partial charge in [0.05, 0.1) is 16.8 Å². The number of aryl methyl sites for hydroxylation is 1. The molecule has 0 aliphatic carbocycles. The van der Waals surface area contributed by atoms with E-state index in [0.29, 0.717) is 5.13 Å². The second-order valence-electron chi connectivity index (χ2n) is 3.25. The Balaban J connectivity index is 2.23. The Morgan fingerprint density at radius 3 is 3.19 bits per heavy atom. The van der Waals surface area contributed by atoms with Gasteiger partial charge in [0.1, 0.15) is 0 Å². The molecule has 0 unspecified atom stereocenters. The Bertz CT molecular complexity index is 522. The summed E-state index contributed by atoms with van der Waals surface area (Å²) in [6, 6.07) is 5.95. The van der Waals surface area contributed by atoms with Crippen molar-refractivity contribution in [3.05, 3.63) is 30.7 Å². The number of nitrogens with zero attached hydrogens (tertiary/aromatic N) is 1. The van der Waals surface area contributed by atoms with Crippen molar-refractivity contribution in [2.75, 3.05) is 11.9 Å². The van der Waals surface area contributed by atoms with E-state index in [0.717, 1.165) is 10.2 Å². The van der Waals surface area contributed by atoms with Crippen LogP contribution in [0, 0.1) is 13.8 Å². The number of amides is 1. The Hall–Kier alpha value is -1.62. The van der Waals surface area contributed by atoms with E-state index in [4.69, 9.17) is 0 Å². The number of carbonyl (C=O) groups excluding carboxylic acids is 1. The lowest BCUT2D eigenvalue weighted by atomic mass is 10.2. The molecule has 1 radical (unpaired) electrons. The number of carbonyl (C=O) groups is 1. The van der Waals surface area contributed by atoms with Crippen molar-refractivity contribution >= 4 is 32.8 Å². The summed E-state index contributed by atoms with van der Waals surface area (Å²) in [5.41, 5.74) is 2.04. The lowest BCUT2D eigenvalue weighted by Gasteiger charge is -1.99. The molecule has 1 amide bonds. The molecule has 0 bridgehead atoms. The minimum Gasteiger partial charge on any atom is -0.449 e. The zero-order chi connectivity index (χ0) is 11.5. The number of anilines is 1. The fraction of sp³-hybridized carbons (Fsp3) is 0.182. The maximum absolute atomic E-state index is 11.1. The highest BCUT2D eigenvalue weighted by atomic mass is 32.1. The van der Waals surface area contributed by atoms with Gasteiger partial charge in [-0.2, -0.15) is 0 Å². The highest BCUT2D eigenvalue weighted by Crippen LogP contribution is 2.26. The highest BCUT2D eigenvalue weighted by molar-refractivity contribution is 7.22. The van der Waals surface area contributed by atoms with Gasteiger partial charge in [0, 0.05) is 0 Å². The van der Waals surface area contributed by atoms with Crippen LogP contribution in [0.25, 0.3) is 10.2 Å². The predicted octanol–water partition coefficient (Wildman–Crippen LogP) is 2.99. The first-order valence-corrected chi connectivity index (χ1v) is 5.61. The van der Waals surface area contributed by atoms with E-state index in [-0.39, 0.29) is 6.61 Å². The summed E-state index contributed by atoms with van der Waals surface area (Å²) in [6.45, 7) is 5.55. The lowest BCUT2D eigenvalue weighted by Crippen LogP contribution is -2.12. The Morgan fingerprint density at radius 1 is 1.62 bits per heavy atom. The van der Waals surface area contributed by atoms with Crippen LogP contribution in [0.2, 0.25) is 0 Å². The monoisotopic (exact) mass is 235 g/mol. The molecule has 83 valence electrons. The average Bonchev–Trinajstić information content (AvgIpc) is 2.59. The zero-order valence-corrected chi connectivity index (χ0v) is 9.63. The number of aromatic nitrogens is 1. The molecular weight excluding hydrogens is 224 g/mol. The standard InChI is InChI=1S/C11H11N2O2S/c1-3-15-11(14)13-10-12-8-5-4-7(2)6-9(8)16-10/h4-6H,1,3H2,2H3,(H,12,13,14). The average molecular weight is 235 g/mol. The predicted molar refractivity (Wildman–Crippen MR) is 64.7 cm³/mol. The van der Waals surface area contributed by atoms with Gasteiger partial charge < -0.3 is 4.74 Å². The summed E-state index contributed by atoms with van der Waals surface area (Å²) in [5.74, 6) is 0. The van der Waals surface area contributed by atoms with Crippen LogP contribution in [0.3, 0.4) is 0 Å². The van der Waals surface area contributed by atoms with Gasteiger partial charge in [-0.25, -0.2) is 9.78 Å². The minimum atomic E-state index is -0.522. The molecule has 0 fully saturated rings. The largest absolute Gasteiger partial charge is 0.449 e. The summed E-state index contributed by atoms with van der Waals surface area (Å²) < 4.78 is 5.72. The molecule has 2 aromatic rings. The SMILES string of the molecule is [CH2]COC(=O)Nc1nc2ccc(C)cc2s1. The number of fused-ring (bicyclic) bond motifs is 1. The summed E-state index contributed by atoms with van der Waals surface area (Å²) in [4.78, 5) is 15.4. The third-order valence-electron chi connectivity index (χ3n) is 1.99. The number of nitrogens with one attached hydrogen (secondary N) is 1. The lowest BCUT2D eigenvalue weighted by molar-refractivity contribution is 0.173. The Kier molecular flexibility index (Phi) is 3.05. The molecule has 4 nitrogen and oxygen atoms in total. The third-order valence-corrected chi connectivity index (χ3v) is 2.92. The van der Waals surface area contributed by atoms with E-state index in [1.54, 1.807) is 0 Å². The van der Waals surface area contributed by atoms with E-state index < -0.39 is 6.09 Å². The third kappa shape index (κ3) is 2.30. The molecule has 1 aromatic heterocycles. The van der Waals surface area contributed by atoms with E-state index >= 15 is 0 Å². The smallest absolute Gasteiger partial charge is 0.413 e. The van der Waals surface area contributed by atoms with Crippen molar-refractivity contribution in [1.29, 1.82) is 0 Å². The van der Waals surface area contributed by atoms with Crippen LogP contribution in [-0.2, 0) is 4.74 Å². The van der Waals surface area contributed by atoms with Gasteiger partial charge in [-0.3, -0.25) is 5.32 Å². The van der Waals surface area contributed by atoms with Crippen molar-refractivity contribution < 1.29 is 9.53 Å². The molecule has 0 atom stereocenters. The van der Waals surface area contributed by atoms with Gasteiger partial charge in [-0.05, 0) is 31.5 Å². The molecule has 0 saturated carbocycles. The van der Waals surface area contributed by atoms with E-state index in [2.05, 4.69) is 22.0 Å². The number of hydrogen-bond acceptors (Lipinski definition) is 4. The van der Waals surface area contributed by atoms with Crippen molar-refractivity contribution in [3.63, 3.8) is 0 Å². The normalized spacial score (nSPS) is 10.4. The van der Waals surface area contributed by atoms with Gasteiger partial charge >= 0.3 is 6.09 Å². The van der Waals surface area contributed by atoms with Gasteiger partial charge in [0.2, 0.25) is 0 Å². The fourth-order valence-corrected chi connectivity index (χ4v) is 2.25. The number of thiazole rings is 1. The molecular formula is C11H11N2O2S. The van der Waals surface area contributed by atoms with Crippen molar-refractivity contribution in [3.8, 4) is 0 Å². The summed E-state index contributed by atoms with van der Waals surface area (Å²) in [6.07, 6.45) is -0.522. The summed E-state index contributed by atoms with van der Waals surface area (Å²) >= 11 is 1.42. The van der Waals surface area contributed by atoms with Gasteiger partial charge in [0.25, 0.3) is 0 Å². The number of benzene rings is 1. The topological polar surface area (TPSA) is 51.2 Å². The maximum atomic E-state index is 11.1. The first kappa shape index (κ1) is 10.9. The molecule has 16 heavy (non-hydrogen) atoms. The van der Waals surface area contributed by atoms with Crippen molar-refractivity contribution in [2.24, 2.45) is 0 Å². The zero-order valence-electron chi connectivity index (χ0n) is 8.82. The fourth-order valence-electron chi connectivity index (χ4n) is 1.30. The highest BCUT2D eigenvalue weighted by Gasteiger charge is 2.07. The van der Waals surface area contributed by atoms with Crippen LogP contribution in [0.4, 0.5) is 9.93 Å².